The zero-order valence-corrected chi connectivity index (χ0v) is 19.0. The van der Waals surface area contributed by atoms with Crippen LogP contribution in [0, 0.1) is 17.5 Å². The largest absolute Gasteiger partial charge is 0.365 e. The molecule has 1 aliphatic rings. The second-order valence-corrected chi connectivity index (χ2v) is 8.44. The van der Waals surface area contributed by atoms with Gasteiger partial charge in [0.25, 0.3) is 11.8 Å². The standard InChI is InChI=1S/C24H24F3N7O2/c25-12-5-6-15(17(26)7-12)24(36)32-14-8-13(10-30-11-14)31-22-16(21(29)35)9-18(27)23(34-22)33-20-4-2-1-3-19(20)28/h5-11,19-20H,1-4,28H2,(H2,29,35)(H,32,36)(H2,31,33,34)/t19-,20+/m0/s1. The Hall–Kier alpha value is -4.19. The van der Waals surface area contributed by atoms with Crippen LogP contribution < -0.4 is 27.4 Å². The van der Waals surface area contributed by atoms with Gasteiger partial charge in [-0.1, -0.05) is 12.8 Å². The fraction of sp³-hybridized carbons (Fsp3) is 0.250. The molecule has 0 saturated heterocycles. The zero-order chi connectivity index (χ0) is 25.8. The van der Waals surface area contributed by atoms with Gasteiger partial charge in [0, 0.05) is 18.2 Å². The highest BCUT2D eigenvalue weighted by Crippen LogP contribution is 2.27. The zero-order valence-electron chi connectivity index (χ0n) is 19.0. The maximum absolute atomic E-state index is 14.7. The number of nitrogens with two attached hydrogens (primary N) is 2. The summed E-state index contributed by atoms with van der Waals surface area (Å²) < 4.78 is 41.8. The number of halogens is 3. The number of nitrogens with zero attached hydrogens (tertiary/aromatic N) is 2. The number of anilines is 4. The van der Waals surface area contributed by atoms with E-state index in [0.29, 0.717) is 6.07 Å². The van der Waals surface area contributed by atoms with Crippen molar-refractivity contribution in [3.63, 3.8) is 0 Å². The molecule has 0 aliphatic heterocycles. The lowest BCUT2D eigenvalue weighted by Crippen LogP contribution is -2.43. The van der Waals surface area contributed by atoms with E-state index < -0.39 is 29.3 Å². The van der Waals surface area contributed by atoms with Crippen molar-refractivity contribution in [1.29, 1.82) is 0 Å². The molecule has 0 radical (unpaired) electrons. The summed E-state index contributed by atoms with van der Waals surface area (Å²) in [7, 11) is 0. The van der Waals surface area contributed by atoms with Gasteiger partial charge in [-0.25, -0.2) is 18.2 Å². The molecule has 2 amide bonds. The number of aromatic nitrogens is 2. The maximum atomic E-state index is 14.7. The molecule has 2 atom stereocenters. The smallest absolute Gasteiger partial charge is 0.258 e. The summed E-state index contributed by atoms with van der Waals surface area (Å²) in [6.07, 6.45) is 6.17. The van der Waals surface area contributed by atoms with Gasteiger partial charge in [-0.2, -0.15) is 0 Å². The van der Waals surface area contributed by atoms with Gasteiger partial charge < -0.3 is 27.4 Å². The molecule has 0 unspecified atom stereocenters. The van der Waals surface area contributed by atoms with Crippen molar-refractivity contribution in [2.45, 2.75) is 37.8 Å². The number of benzene rings is 1. The van der Waals surface area contributed by atoms with Crippen LogP contribution in [0.1, 0.15) is 46.4 Å². The molecule has 2 heterocycles. The van der Waals surface area contributed by atoms with E-state index in [1.807, 2.05) is 0 Å². The number of amides is 2. The Morgan fingerprint density at radius 2 is 1.67 bits per heavy atom. The molecule has 7 N–H and O–H groups in total. The molecule has 1 fully saturated rings. The van der Waals surface area contributed by atoms with Gasteiger partial charge in [0.15, 0.2) is 11.6 Å². The average Bonchev–Trinajstić information content (AvgIpc) is 2.82. The van der Waals surface area contributed by atoms with E-state index in [2.05, 4.69) is 25.9 Å². The van der Waals surface area contributed by atoms with Crippen LogP contribution in [-0.4, -0.2) is 33.9 Å². The summed E-state index contributed by atoms with van der Waals surface area (Å²) in [5, 5.41) is 8.33. The quantitative estimate of drug-likeness (QED) is 0.333. The number of hydrogen-bond acceptors (Lipinski definition) is 7. The van der Waals surface area contributed by atoms with Crippen molar-refractivity contribution < 1.29 is 22.8 Å². The molecule has 12 heteroatoms. The molecule has 0 bridgehead atoms. The molecular formula is C24H24F3N7O2. The number of rotatable bonds is 7. The van der Waals surface area contributed by atoms with Gasteiger partial charge in [0.1, 0.15) is 17.5 Å². The van der Waals surface area contributed by atoms with Crippen LogP contribution in [0.15, 0.2) is 42.7 Å². The summed E-state index contributed by atoms with van der Waals surface area (Å²) >= 11 is 0. The van der Waals surface area contributed by atoms with E-state index in [1.165, 1.54) is 18.5 Å². The van der Waals surface area contributed by atoms with Crippen molar-refractivity contribution in [3.8, 4) is 0 Å². The minimum atomic E-state index is -1.02. The number of nitrogens with one attached hydrogen (secondary N) is 3. The molecule has 1 aliphatic carbocycles. The molecule has 1 saturated carbocycles. The molecule has 1 aromatic carbocycles. The van der Waals surface area contributed by atoms with Crippen molar-refractivity contribution >= 4 is 34.8 Å². The summed E-state index contributed by atoms with van der Waals surface area (Å²) in [6, 6.07) is 4.65. The van der Waals surface area contributed by atoms with Gasteiger partial charge in [0.05, 0.1) is 34.9 Å². The summed E-state index contributed by atoms with van der Waals surface area (Å²) in [5.41, 5.74) is 11.4. The lowest BCUT2D eigenvalue weighted by atomic mass is 9.91. The Labute approximate surface area is 204 Å². The molecule has 3 aromatic rings. The van der Waals surface area contributed by atoms with Crippen molar-refractivity contribution in [1.82, 2.24) is 9.97 Å². The Bertz CT molecular complexity index is 1300. The van der Waals surface area contributed by atoms with Gasteiger partial charge in [0.2, 0.25) is 0 Å². The second kappa shape index (κ2) is 10.6. The minimum Gasteiger partial charge on any atom is -0.365 e. The Morgan fingerprint density at radius 3 is 2.39 bits per heavy atom. The molecule has 9 nitrogen and oxygen atoms in total. The number of pyridine rings is 2. The first-order chi connectivity index (χ1) is 17.2. The van der Waals surface area contributed by atoms with E-state index >= 15 is 0 Å². The molecule has 0 spiro atoms. The summed E-state index contributed by atoms with van der Waals surface area (Å²) in [4.78, 5) is 32.6. The number of carbonyl (C=O) groups excluding carboxylic acids is 2. The first kappa shape index (κ1) is 24.9. The highest BCUT2D eigenvalue weighted by molar-refractivity contribution is 6.04. The molecular weight excluding hydrogens is 475 g/mol. The number of hydrogen-bond donors (Lipinski definition) is 5. The fourth-order valence-corrected chi connectivity index (χ4v) is 3.97. The normalized spacial score (nSPS) is 17.3. The lowest BCUT2D eigenvalue weighted by Gasteiger charge is -2.30. The van der Waals surface area contributed by atoms with Crippen LogP contribution in [0.25, 0.3) is 0 Å². The lowest BCUT2D eigenvalue weighted by molar-refractivity contribution is 0.0997. The van der Waals surface area contributed by atoms with Crippen LogP contribution in [0.3, 0.4) is 0 Å². The molecule has 188 valence electrons. The first-order valence-corrected chi connectivity index (χ1v) is 11.2. The van der Waals surface area contributed by atoms with Crippen LogP contribution in [0.5, 0.6) is 0 Å². The van der Waals surface area contributed by atoms with E-state index in [-0.39, 0.29) is 46.2 Å². The third-order valence-electron chi connectivity index (χ3n) is 5.82. The number of carbonyl (C=O) groups is 2. The topological polar surface area (TPSA) is 148 Å². The highest BCUT2D eigenvalue weighted by Gasteiger charge is 2.24. The van der Waals surface area contributed by atoms with Crippen molar-refractivity contribution in [2.75, 3.05) is 16.0 Å². The highest BCUT2D eigenvalue weighted by atomic mass is 19.1. The van der Waals surface area contributed by atoms with Crippen LogP contribution in [0.2, 0.25) is 0 Å². The predicted octanol–water partition coefficient (Wildman–Crippen LogP) is 3.67. The van der Waals surface area contributed by atoms with E-state index in [0.717, 1.165) is 43.9 Å². The second-order valence-electron chi connectivity index (χ2n) is 8.44. The van der Waals surface area contributed by atoms with Crippen LogP contribution in [0.4, 0.5) is 36.2 Å². The van der Waals surface area contributed by atoms with Crippen molar-refractivity contribution in [2.24, 2.45) is 11.5 Å². The Morgan fingerprint density at radius 1 is 0.917 bits per heavy atom. The maximum Gasteiger partial charge on any atom is 0.258 e. The summed E-state index contributed by atoms with van der Waals surface area (Å²) in [5.74, 6) is -4.44. The first-order valence-electron chi connectivity index (χ1n) is 11.2. The van der Waals surface area contributed by atoms with Gasteiger partial charge >= 0.3 is 0 Å². The van der Waals surface area contributed by atoms with Crippen molar-refractivity contribution in [3.05, 3.63) is 71.3 Å². The van der Waals surface area contributed by atoms with Crippen LogP contribution in [-0.2, 0) is 0 Å². The summed E-state index contributed by atoms with van der Waals surface area (Å²) in [6.45, 7) is 0. The fourth-order valence-electron chi connectivity index (χ4n) is 3.97. The van der Waals surface area contributed by atoms with Gasteiger partial charge in [-0.15, -0.1) is 0 Å². The van der Waals surface area contributed by atoms with E-state index in [1.54, 1.807) is 0 Å². The average molecular weight is 499 g/mol. The SMILES string of the molecule is NC(=O)c1cc(F)c(N[C@@H]2CCCC[C@@H]2N)nc1Nc1cncc(NC(=O)c2ccc(F)cc2F)c1. The molecule has 36 heavy (non-hydrogen) atoms. The third-order valence-corrected chi connectivity index (χ3v) is 5.82. The minimum absolute atomic E-state index is 0.0364. The molecule has 2 aromatic heterocycles. The Kier molecular flexibility index (Phi) is 7.34. The Balaban J connectivity index is 1.57. The van der Waals surface area contributed by atoms with Gasteiger partial charge in [-0.05, 0) is 37.1 Å². The molecule has 4 rings (SSSR count). The van der Waals surface area contributed by atoms with Gasteiger partial charge in [-0.3, -0.25) is 14.6 Å². The van der Waals surface area contributed by atoms with E-state index in [9.17, 15) is 22.8 Å². The monoisotopic (exact) mass is 499 g/mol. The number of primary amides is 1. The van der Waals surface area contributed by atoms with E-state index in [4.69, 9.17) is 11.5 Å². The predicted molar refractivity (Wildman–Crippen MR) is 128 cm³/mol. The van der Waals surface area contributed by atoms with Crippen LogP contribution >= 0.6 is 0 Å². The third kappa shape index (κ3) is 5.71.